The van der Waals surface area contributed by atoms with Gasteiger partial charge in [0.15, 0.2) is 0 Å². The molecule has 1 aliphatic rings. The first-order valence-corrected chi connectivity index (χ1v) is 9.58. The van der Waals surface area contributed by atoms with Gasteiger partial charge in [0.2, 0.25) is 0 Å². The number of likely N-dealkylation sites (N-methyl/N-ethyl adjacent to an activating group) is 1. The second kappa shape index (κ2) is 8.21. The monoisotopic (exact) mass is 396 g/mol. The molecule has 0 bridgehead atoms. The lowest BCUT2D eigenvalue weighted by atomic mass is 9.72. The summed E-state index contributed by atoms with van der Waals surface area (Å²) in [7, 11) is 1.95. The van der Waals surface area contributed by atoms with Gasteiger partial charge in [-0.05, 0) is 49.2 Å². The fourth-order valence-corrected chi connectivity index (χ4v) is 4.39. The number of hydrogen-bond acceptors (Lipinski definition) is 2. The van der Waals surface area contributed by atoms with Crippen LogP contribution in [0, 0.1) is 0 Å². The Bertz CT molecular complexity index is 761. The van der Waals surface area contributed by atoms with Gasteiger partial charge in [0.1, 0.15) is 0 Å². The van der Waals surface area contributed by atoms with E-state index in [9.17, 15) is 13.2 Å². The van der Waals surface area contributed by atoms with E-state index < -0.39 is 11.7 Å². The van der Waals surface area contributed by atoms with E-state index in [4.69, 9.17) is 11.6 Å². The fraction of sp³-hybridized carbons (Fsp3) is 0.429. The predicted molar refractivity (Wildman–Crippen MR) is 103 cm³/mol. The standard InChI is InChI=1S/C21H24ClF3N2/c1-26-20(17-6-2-3-7-18(17)22)13-5-4-8-19(20)27-14-15-9-11-16(12-10-15)21(23,24)25/h2-3,6-7,9-12,19,26-27H,4-5,8,13-14H2,1H3/t19-,20+/m0/s1. The lowest BCUT2D eigenvalue weighted by Gasteiger charge is -2.45. The Kier molecular flexibility index (Phi) is 6.14. The van der Waals surface area contributed by atoms with Gasteiger partial charge in [-0.15, -0.1) is 0 Å². The third-order valence-corrected chi connectivity index (χ3v) is 5.87. The van der Waals surface area contributed by atoms with Crippen LogP contribution in [0.15, 0.2) is 48.5 Å². The summed E-state index contributed by atoms with van der Waals surface area (Å²) in [6.45, 7) is 0.511. The second-order valence-electron chi connectivity index (χ2n) is 7.08. The summed E-state index contributed by atoms with van der Waals surface area (Å²) < 4.78 is 38.2. The largest absolute Gasteiger partial charge is 0.416 e. The van der Waals surface area contributed by atoms with Gasteiger partial charge in [-0.2, -0.15) is 13.2 Å². The molecule has 0 saturated heterocycles. The van der Waals surface area contributed by atoms with Gasteiger partial charge < -0.3 is 10.6 Å². The number of hydrogen-bond donors (Lipinski definition) is 2. The fourth-order valence-electron chi connectivity index (χ4n) is 4.08. The van der Waals surface area contributed by atoms with Crippen molar-refractivity contribution >= 4 is 11.6 Å². The Balaban J connectivity index is 1.79. The zero-order valence-electron chi connectivity index (χ0n) is 15.2. The molecule has 146 valence electrons. The van der Waals surface area contributed by atoms with Crippen LogP contribution >= 0.6 is 11.6 Å². The average Bonchev–Trinajstić information content (AvgIpc) is 2.66. The summed E-state index contributed by atoms with van der Waals surface area (Å²) in [5.74, 6) is 0. The molecule has 2 atom stereocenters. The molecule has 1 fully saturated rings. The number of nitrogens with one attached hydrogen (secondary N) is 2. The van der Waals surface area contributed by atoms with E-state index in [1.54, 1.807) is 0 Å². The highest BCUT2D eigenvalue weighted by Crippen LogP contribution is 2.40. The van der Waals surface area contributed by atoms with Gasteiger partial charge in [0.05, 0.1) is 11.1 Å². The summed E-state index contributed by atoms with van der Waals surface area (Å²) in [5, 5.41) is 7.79. The number of alkyl halides is 3. The summed E-state index contributed by atoms with van der Waals surface area (Å²) in [5.41, 5.74) is 0.990. The molecule has 0 radical (unpaired) electrons. The van der Waals surface area contributed by atoms with Crippen LogP contribution in [0.1, 0.15) is 42.4 Å². The second-order valence-corrected chi connectivity index (χ2v) is 7.48. The van der Waals surface area contributed by atoms with Crippen molar-refractivity contribution < 1.29 is 13.2 Å². The molecule has 0 unspecified atom stereocenters. The van der Waals surface area contributed by atoms with Crippen LogP contribution in [0.3, 0.4) is 0 Å². The molecule has 2 nitrogen and oxygen atoms in total. The maximum Gasteiger partial charge on any atom is 0.416 e. The molecule has 0 amide bonds. The molecule has 0 aromatic heterocycles. The van der Waals surface area contributed by atoms with Crippen molar-refractivity contribution in [1.82, 2.24) is 10.6 Å². The van der Waals surface area contributed by atoms with Gasteiger partial charge in [0.25, 0.3) is 0 Å². The van der Waals surface area contributed by atoms with Crippen molar-refractivity contribution in [2.45, 2.75) is 50.0 Å². The van der Waals surface area contributed by atoms with Crippen molar-refractivity contribution in [2.75, 3.05) is 7.05 Å². The number of halogens is 4. The van der Waals surface area contributed by atoms with Gasteiger partial charge in [-0.1, -0.05) is 54.8 Å². The van der Waals surface area contributed by atoms with Crippen LogP contribution in [-0.2, 0) is 18.3 Å². The SMILES string of the molecule is CN[C@@]1(c2ccccc2Cl)CCCC[C@@H]1NCc1ccc(C(F)(F)F)cc1. The van der Waals surface area contributed by atoms with E-state index in [1.807, 2.05) is 25.2 Å². The molecular formula is C21H24ClF3N2. The van der Waals surface area contributed by atoms with Crippen LogP contribution < -0.4 is 10.6 Å². The topological polar surface area (TPSA) is 24.1 Å². The van der Waals surface area contributed by atoms with Crippen LogP contribution in [0.4, 0.5) is 13.2 Å². The average molecular weight is 397 g/mol. The van der Waals surface area contributed by atoms with E-state index in [0.717, 1.165) is 54.0 Å². The van der Waals surface area contributed by atoms with Gasteiger partial charge in [-0.3, -0.25) is 0 Å². The van der Waals surface area contributed by atoms with Gasteiger partial charge >= 0.3 is 6.18 Å². The molecule has 27 heavy (non-hydrogen) atoms. The molecular weight excluding hydrogens is 373 g/mol. The minimum absolute atomic E-state index is 0.137. The molecule has 6 heteroatoms. The Hall–Kier alpha value is -1.56. The summed E-state index contributed by atoms with van der Waals surface area (Å²) in [6.07, 6.45) is -0.158. The third kappa shape index (κ3) is 4.31. The third-order valence-electron chi connectivity index (χ3n) is 5.54. The number of rotatable bonds is 5. The maximum absolute atomic E-state index is 12.7. The van der Waals surface area contributed by atoms with Crippen molar-refractivity contribution in [3.8, 4) is 0 Å². The molecule has 1 aliphatic carbocycles. The molecule has 2 aromatic rings. The number of benzene rings is 2. The van der Waals surface area contributed by atoms with E-state index in [0.29, 0.717) is 6.54 Å². The van der Waals surface area contributed by atoms with Crippen molar-refractivity contribution in [2.24, 2.45) is 0 Å². The Morgan fingerprint density at radius 2 is 1.78 bits per heavy atom. The summed E-state index contributed by atoms with van der Waals surface area (Å²) in [6, 6.07) is 13.3. The molecule has 1 saturated carbocycles. The molecule has 2 N–H and O–H groups in total. The highest BCUT2D eigenvalue weighted by atomic mass is 35.5. The normalized spacial score (nSPS) is 23.4. The highest BCUT2D eigenvalue weighted by molar-refractivity contribution is 6.31. The zero-order chi connectivity index (χ0) is 19.5. The first-order valence-electron chi connectivity index (χ1n) is 9.20. The smallest absolute Gasteiger partial charge is 0.309 e. The van der Waals surface area contributed by atoms with Gasteiger partial charge in [-0.25, -0.2) is 0 Å². The first kappa shape index (κ1) is 20.2. The molecule has 3 rings (SSSR count). The Morgan fingerprint density at radius 3 is 2.41 bits per heavy atom. The van der Waals surface area contributed by atoms with Crippen molar-refractivity contribution in [1.29, 1.82) is 0 Å². The lowest BCUT2D eigenvalue weighted by molar-refractivity contribution is -0.137. The first-order chi connectivity index (χ1) is 12.9. The zero-order valence-corrected chi connectivity index (χ0v) is 16.0. The van der Waals surface area contributed by atoms with Crippen molar-refractivity contribution in [3.05, 3.63) is 70.2 Å². The van der Waals surface area contributed by atoms with Crippen molar-refractivity contribution in [3.63, 3.8) is 0 Å². The van der Waals surface area contributed by atoms with Gasteiger partial charge in [0, 0.05) is 17.6 Å². The van der Waals surface area contributed by atoms with E-state index in [-0.39, 0.29) is 11.6 Å². The molecule has 2 aromatic carbocycles. The van der Waals surface area contributed by atoms with E-state index >= 15 is 0 Å². The van der Waals surface area contributed by atoms with Crippen LogP contribution in [0.2, 0.25) is 5.02 Å². The summed E-state index contributed by atoms with van der Waals surface area (Å²) in [4.78, 5) is 0. The van der Waals surface area contributed by atoms with Crippen LogP contribution in [0.5, 0.6) is 0 Å². The Labute approximate surface area is 163 Å². The summed E-state index contributed by atoms with van der Waals surface area (Å²) >= 11 is 6.49. The lowest BCUT2D eigenvalue weighted by Crippen LogP contribution is -2.57. The maximum atomic E-state index is 12.7. The van der Waals surface area contributed by atoms with Crippen LogP contribution in [-0.4, -0.2) is 13.1 Å². The minimum atomic E-state index is -4.30. The van der Waals surface area contributed by atoms with E-state index in [1.165, 1.54) is 12.1 Å². The quantitative estimate of drug-likeness (QED) is 0.696. The molecule has 0 spiro atoms. The van der Waals surface area contributed by atoms with Crippen LogP contribution in [0.25, 0.3) is 0 Å². The highest BCUT2D eigenvalue weighted by Gasteiger charge is 2.41. The Morgan fingerprint density at radius 1 is 1.07 bits per heavy atom. The minimum Gasteiger partial charge on any atom is -0.309 e. The van der Waals surface area contributed by atoms with E-state index in [2.05, 4.69) is 16.7 Å². The molecule has 0 aliphatic heterocycles. The predicted octanol–water partition coefficient (Wildman–Crippen LogP) is 5.51. The molecule has 0 heterocycles.